The van der Waals surface area contributed by atoms with Crippen LogP contribution in [0.5, 0.6) is 0 Å². The summed E-state index contributed by atoms with van der Waals surface area (Å²) in [5.41, 5.74) is 0. The molecule has 2 N–H and O–H groups in total. The molecule has 0 saturated carbocycles. The lowest BCUT2D eigenvalue weighted by atomic mass is 10.3. The van der Waals surface area contributed by atoms with Crippen LogP contribution >= 0.6 is 11.6 Å². The van der Waals surface area contributed by atoms with Gasteiger partial charge in [0.05, 0.1) is 0 Å². The van der Waals surface area contributed by atoms with Crippen LogP contribution in [0.1, 0.15) is 13.8 Å². The van der Waals surface area contributed by atoms with E-state index in [1.807, 2.05) is 0 Å². The van der Waals surface area contributed by atoms with Crippen molar-refractivity contribution in [1.29, 1.82) is 0 Å². The molecular weight excluding hydrogens is 148 g/mol. The monoisotopic (exact) mass is 164 g/mol. The summed E-state index contributed by atoms with van der Waals surface area (Å²) in [5, 5.41) is 6.52. The number of hydrogen-bond donors (Lipinski definition) is 2. The summed E-state index contributed by atoms with van der Waals surface area (Å²) >= 11 is 5.48. The lowest BCUT2D eigenvalue weighted by Crippen LogP contribution is -2.36. The largest absolute Gasteiger partial charge is 0.314 e. The van der Waals surface area contributed by atoms with E-state index in [2.05, 4.69) is 24.5 Å². The molecule has 0 radical (unpaired) electrons. The van der Waals surface area contributed by atoms with E-state index in [-0.39, 0.29) is 0 Å². The van der Waals surface area contributed by atoms with Gasteiger partial charge in [0, 0.05) is 25.0 Å². The van der Waals surface area contributed by atoms with Gasteiger partial charge in [0.2, 0.25) is 0 Å². The molecule has 1 atom stereocenters. The topological polar surface area (TPSA) is 24.1 Å². The first-order chi connectivity index (χ1) is 4.81. The standard InChI is InChI=1S/C7H17ClN2/c1-3-10-7(2)6-9-5-4-8/h7,9-10H,3-6H2,1-2H3/t7-/m0/s1. The van der Waals surface area contributed by atoms with Gasteiger partial charge in [-0.15, -0.1) is 11.6 Å². The average Bonchev–Trinajstić information content (AvgIpc) is 1.89. The molecule has 0 saturated heterocycles. The van der Waals surface area contributed by atoms with Crippen LogP contribution in [0.3, 0.4) is 0 Å². The van der Waals surface area contributed by atoms with Crippen LogP contribution in [0.25, 0.3) is 0 Å². The molecule has 2 nitrogen and oxygen atoms in total. The van der Waals surface area contributed by atoms with E-state index in [0.29, 0.717) is 11.9 Å². The van der Waals surface area contributed by atoms with Crippen LogP contribution in [-0.4, -0.2) is 31.6 Å². The van der Waals surface area contributed by atoms with Crippen molar-refractivity contribution in [3.63, 3.8) is 0 Å². The SMILES string of the molecule is CCN[C@@H](C)CNCCCl. The smallest absolute Gasteiger partial charge is 0.0348 e. The van der Waals surface area contributed by atoms with Gasteiger partial charge in [0.25, 0.3) is 0 Å². The summed E-state index contributed by atoms with van der Waals surface area (Å²) in [4.78, 5) is 0. The number of nitrogens with one attached hydrogen (secondary N) is 2. The molecule has 0 amide bonds. The lowest BCUT2D eigenvalue weighted by Gasteiger charge is -2.11. The van der Waals surface area contributed by atoms with Gasteiger partial charge in [-0.05, 0) is 13.5 Å². The Morgan fingerprint density at radius 3 is 2.70 bits per heavy atom. The van der Waals surface area contributed by atoms with Crippen molar-refractivity contribution < 1.29 is 0 Å². The predicted octanol–water partition coefficient (Wildman–Crippen LogP) is 0.813. The molecular formula is C7H17ClN2. The Kier molecular flexibility index (Phi) is 7.47. The van der Waals surface area contributed by atoms with Crippen LogP contribution in [0, 0.1) is 0 Å². The third-order valence-electron chi connectivity index (χ3n) is 1.27. The second-order valence-corrected chi connectivity index (χ2v) is 2.73. The fourth-order valence-corrected chi connectivity index (χ4v) is 0.940. The summed E-state index contributed by atoms with van der Waals surface area (Å²) in [6.45, 7) is 7.20. The second kappa shape index (κ2) is 7.32. The molecule has 62 valence electrons. The van der Waals surface area contributed by atoms with E-state index >= 15 is 0 Å². The third-order valence-corrected chi connectivity index (χ3v) is 1.46. The number of alkyl halides is 1. The van der Waals surface area contributed by atoms with Gasteiger partial charge in [0.15, 0.2) is 0 Å². The summed E-state index contributed by atoms with van der Waals surface area (Å²) in [5.74, 6) is 0.693. The average molecular weight is 165 g/mol. The van der Waals surface area contributed by atoms with Gasteiger partial charge in [-0.3, -0.25) is 0 Å². The van der Waals surface area contributed by atoms with Crippen LogP contribution < -0.4 is 10.6 Å². The molecule has 0 fully saturated rings. The van der Waals surface area contributed by atoms with Crippen molar-refractivity contribution in [2.45, 2.75) is 19.9 Å². The van der Waals surface area contributed by atoms with Crippen molar-refractivity contribution in [3.05, 3.63) is 0 Å². The molecule has 0 aliphatic rings. The van der Waals surface area contributed by atoms with Gasteiger partial charge < -0.3 is 10.6 Å². The minimum Gasteiger partial charge on any atom is -0.314 e. The molecule has 0 aromatic rings. The van der Waals surface area contributed by atoms with E-state index in [0.717, 1.165) is 19.6 Å². The molecule has 0 unspecified atom stereocenters. The zero-order valence-electron chi connectivity index (χ0n) is 6.78. The highest BCUT2D eigenvalue weighted by molar-refractivity contribution is 6.18. The normalized spacial score (nSPS) is 13.5. The number of halogens is 1. The van der Waals surface area contributed by atoms with Gasteiger partial charge in [-0.25, -0.2) is 0 Å². The summed E-state index contributed by atoms with van der Waals surface area (Å²) in [7, 11) is 0. The first kappa shape index (κ1) is 10.2. The number of likely N-dealkylation sites (N-methyl/N-ethyl adjacent to an activating group) is 1. The highest BCUT2D eigenvalue weighted by atomic mass is 35.5. The Labute approximate surface area is 68.3 Å². The quantitative estimate of drug-likeness (QED) is 0.449. The molecule has 3 heteroatoms. The molecule has 0 aromatic carbocycles. The van der Waals surface area contributed by atoms with E-state index in [1.165, 1.54) is 0 Å². The molecule has 0 heterocycles. The lowest BCUT2D eigenvalue weighted by molar-refractivity contribution is 0.524. The Morgan fingerprint density at radius 1 is 1.50 bits per heavy atom. The highest BCUT2D eigenvalue weighted by Crippen LogP contribution is 1.77. The molecule has 0 spiro atoms. The van der Waals surface area contributed by atoms with Crippen molar-refractivity contribution in [1.82, 2.24) is 10.6 Å². The van der Waals surface area contributed by atoms with Crippen LogP contribution in [0.4, 0.5) is 0 Å². The van der Waals surface area contributed by atoms with Crippen LogP contribution in [0.2, 0.25) is 0 Å². The first-order valence-corrected chi connectivity index (χ1v) is 4.34. The van der Waals surface area contributed by atoms with Crippen molar-refractivity contribution >= 4 is 11.6 Å². The number of rotatable bonds is 6. The zero-order chi connectivity index (χ0) is 7.82. The summed E-state index contributed by atoms with van der Waals surface area (Å²) in [6, 6.07) is 0.549. The van der Waals surface area contributed by atoms with Gasteiger partial charge in [-0.1, -0.05) is 6.92 Å². The molecule has 0 aliphatic carbocycles. The van der Waals surface area contributed by atoms with Crippen molar-refractivity contribution in [2.24, 2.45) is 0 Å². The molecule has 0 aliphatic heterocycles. The minimum atomic E-state index is 0.549. The maximum absolute atomic E-state index is 5.48. The van der Waals surface area contributed by atoms with Gasteiger partial charge in [0.1, 0.15) is 0 Å². The van der Waals surface area contributed by atoms with Crippen molar-refractivity contribution in [3.8, 4) is 0 Å². The minimum absolute atomic E-state index is 0.549. The predicted molar refractivity (Wildman–Crippen MR) is 46.7 cm³/mol. The zero-order valence-corrected chi connectivity index (χ0v) is 7.54. The maximum Gasteiger partial charge on any atom is 0.0348 e. The summed E-state index contributed by atoms with van der Waals surface area (Å²) in [6.07, 6.45) is 0. The Morgan fingerprint density at radius 2 is 2.20 bits per heavy atom. The Bertz CT molecular complexity index is 68.6. The van der Waals surface area contributed by atoms with Crippen molar-refractivity contribution in [2.75, 3.05) is 25.5 Å². The number of hydrogen-bond acceptors (Lipinski definition) is 2. The van der Waals surface area contributed by atoms with Gasteiger partial charge >= 0.3 is 0 Å². The highest BCUT2D eigenvalue weighted by Gasteiger charge is 1.95. The van der Waals surface area contributed by atoms with E-state index < -0.39 is 0 Å². The first-order valence-electron chi connectivity index (χ1n) is 3.81. The molecule has 0 aromatic heterocycles. The maximum atomic E-state index is 5.48. The molecule has 0 rings (SSSR count). The van der Waals surface area contributed by atoms with E-state index in [1.54, 1.807) is 0 Å². The molecule has 10 heavy (non-hydrogen) atoms. The van der Waals surface area contributed by atoms with Crippen LogP contribution in [-0.2, 0) is 0 Å². The fraction of sp³-hybridized carbons (Fsp3) is 1.00. The van der Waals surface area contributed by atoms with Gasteiger partial charge in [-0.2, -0.15) is 0 Å². The van der Waals surface area contributed by atoms with E-state index in [4.69, 9.17) is 11.6 Å². The van der Waals surface area contributed by atoms with E-state index in [9.17, 15) is 0 Å². The Hall–Kier alpha value is 0.210. The molecule has 0 bridgehead atoms. The third kappa shape index (κ3) is 6.33. The fourth-order valence-electron chi connectivity index (χ4n) is 0.806. The second-order valence-electron chi connectivity index (χ2n) is 2.35. The summed E-state index contributed by atoms with van der Waals surface area (Å²) < 4.78 is 0. The van der Waals surface area contributed by atoms with Crippen LogP contribution in [0.15, 0.2) is 0 Å². The Balaban J connectivity index is 2.97.